The molecule has 1 aliphatic rings. The summed E-state index contributed by atoms with van der Waals surface area (Å²) in [6.45, 7) is 7.61. The van der Waals surface area contributed by atoms with Crippen molar-refractivity contribution in [2.45, 2.75) is 39.2 Å². The van der Waals surface area contributed by atoms with Crippen LogP contribution in [0.5, 0.6) is 0 Å². The molecule has 1 aliphatic heterocycles. The molecule has 1 saturated heterocycles. The van der Waals surface area contributed by atoms with Gasteiger partial charge in [0, 0.05) is 30.9 Å². The standard InChI is InChI=1S/C19H26N4O.ClH/c1-14-11-15(2)23(22-14)10-4-8-21-19(24)17-6-3-5-16(12-17)18-7-9-20-13-18;/h3,5-6,11-12,18,20H,4,7-10,13H2,1-2H3,(H,21,24);1H. The van der Waals surface area contributed by atoms with E-state index < -0.39 is 0 Å². The third-order valence-corrected chi connectivity index (χ3v) is 4.62. The van der Waals surface area contributed by atoms with Crippen LogP contribution in [0.15, 0.2) is 30.3 Å². The predicted octanol–water partition coefficient (Wildman–Crippen LogP) is 2.82. The average Bonchev–Trinajstić information content (AvgIpc) is 3.21. The molecular formula is C19H27ClN4O. The lowest BCUT2D eigenvalue weighted by molar-refractivity contribution is 0.0952. The third-order valence-electron chi connectivity index (χ3n) is 4.62. The van der Waals surface area contributed by atoms with Crippen molar-refractivity contribution in [1.82, 2.24) is 20.4 Å². The summed E-state index contributed by atoms with van der Waals surface area (Å²) in [6, 6.07) is 10.1. The van der Waals surface area contributed by atoms with Gasteiger partial charge in [0.1, 0.15) is 0 Å². The summed E-state index contributed by atoms with van der Waals surface area (Å²) in [5.41, 5.74) is 4.22. The second kappa shape index (κ2) is 9.02. The number of aromatic nitrogens is 2. The summed E-state index contributed by atoms with van der Waals surface area (Å²) >= 11 is 0. The molecule has 1 fully saturated rings. The monoisotopic (exact) mass is 362 g/mol. The van der Waals surface area contributed by atoms with E-state index in [1.807, 2.05) is 29.8 Å². The fraction of sp³-hybridized carbons (Fsp3) is 0.474. The second-order valence-corrected chi connectivity index (χ2v) is 6.57. The van der Waals surface area contributed by atoms with Gasteiger partial charge >= 0.3 is 0 Å². The molecule has 0 bridgehead atoms. The minimum atomic E-state index is 0. The van der Waals surface area contributed by atoms with Crippen LogP contribution in [0.3, 0.4) is 0 Å². The SMILES string of the molecule is Cc1cc(C)n(CCCNC(=O)c2cccc(C3CCNC3)c2)n1.Cl. The van der Waals surface area contributed by atoms with Crippen molar-refractivity contribution in [3.05, 3.63) is 52.8 Å². The summed E-state index contributed by atoms with van der Waals surface area (Å²) in [7, 11) is 0. The number of halogens is 1. The Balaban J connectivity index is 0.00000225. The summed E-state index contributed by atoms with van der Waals surface area (Å²) in [4.78, 5) is 12.3. The van der Waals surface area contributed by atoms with E-state index in [1.54, 1.807) is 0 Å². The third kappa shape index (κ3) is 5.06. The maximum absolute atomic E-state index is 12.3. The maximum Gasteiger partial charge on any atom is 0.251 e. The van der Waals surface area contributed by atoms with Gasteiger partial charge in [0.25, 0.3) is 5.91 Å². The van der Waals surface area contributed by atoms with Gasteiger partial charge in [-0.15, -0.1) is 12.4 Å². The Morgan fingerprint density at radius 2 is 2.20 bits per heavy atom. The normalized spacial score (nSPS) is 16.5. The van der Waals surface area contributed by atoms with E-state index in [1.165, 1.54) is 5.56 Å². The number of hydrogen-bond donors (Lipinski definition) is 2. The molecule has 2 aromatic rings. The Hall–Kier alpha value is -1.85. The molecule has 1 unspecified atom stereocenters. The largest absolute Gasteiger partial charge is 0.352 e. The highest BCUT2D eigenvalue weighted by Crippen LogP contribution is 2.22. The summed E-state index contributed by atoms with van der Waals surface area (Å²) in [5.74, 6) is 0.542. The van der Waals surface area contributed by atoms with E-state index in [9.17, 15) is 4.79 Å². The van der Waals surface area contributed by atoms with Crippen LogP contribution in [0.25, 0.3) is 0 Å². The number of benzene rings is 1. The zero-order valence-corrected chi connectivity index (χ0v) is 15.7. The van der Waals surface area contributed by atoms with Crippen LogP contribution < -0.4 is 10.6 Å². The van der Waals surface area contributed by atoms with Gasteiger partial charge in [0.05, 0.1) is 5.69 Å². The number of carbonyl (C=O) groups excluding carboxylic acids is 1. The molecule has 0 radical (unpaired) electrons. The predicted molar refractivity (Wildman–Crippen MR) is 103 cm³/mol. The van der Waals surface area contributed by atoms with Gasteiger partial charge in [-0.05, 0) is 62.9 Å². The fourth-order valence-corrected chi connectivity index (χ4v) is 3.31. The highest BCUT2D eigenvalue weighted by molar-refractivity contribution is 5.94. The van der Waals surface area contributed by atoms with Crippen molar-refractivity contribution in [3.63, 3.8) is 0 Å². The molecule has 2 heterocycles. The Labute approximate surface area is 155 Å². The first-order valence-corrected chi connectivity index (χ1v) is 8.73. The molecule has 0 saturated carbocycles. The number of amides is 1. The number of nitrogens with one attached hydrogen (secondary N) is 2. The highest BCUT2D eigenvalue weighted by atomic mass is 35.5. The molecule has 3 rings (SSSR count). The molecule has 25 heavy (non-hydrogen) atoms. The van der Waals surface area contributed by atoms with Crippen LogP contribution in [0.4, 0.5) is 0 Å². The zero-order chi connectivity index (χ0) is 16.9. The molecule has 6 heteroatoms. The van der Waals surface area contributed by atoms with Gasteiger partial charge in [-0.3, -0.25) is 9.48 Å². The Kier molecular flexibility index (Phi) is 7.02. The molecule has 136 valence electrons. The maximum atomic E-state index is 12.3. The first-order chi connectivity index (χ1) is 11.6. The van der Waals surface area contributed by atoms with Gasteiger partial charge in [-0.25, -0.2) is 0 Å². The van der Waals surface area contributed by atoms with Crippen LogP contribution in [0, 0.1) is 13.8 Å². The Morgan fingerprint density at radius 1 is 1.36 bits per heavy atom. The summed E-state index contributed by atoms with van der Waals surface area (Å²) in [5, 5.41) is 10.8. The van der Waals surface area contributed by atoms with Crippen LogP contribution in [0.1, 0.15) is 46.1 Å². The van der Waals surface area contributed by atoms with Gasteiger partial charge in [0.15, 0.2) is 0 Å². The van der Waals surface area contributed by atoms with Crippen LogP contribution in [-0.2, 0) is 6.54 Å². The quantitative estimate of drug-likeness (QED) is 0.777. The minimum Gasteiger partial charge on any atom is -0.352 e. The van der Waals surface area contributed by atoms with Crippen molar-refractivity contribution in [2.75, 3.05) is 19.6 Å². The lowest BCUT2D eigenvalue weighted by atomic mass is 9.96. The van der Waals surface area contributed by atoms with Gasteiger partial charge in [-0.1, -0.05) is 12.1 Å². The van der Waals surface area contributed by atoms with Gasteiger partial charge < -0.3 is 10.6 Å². The Morgan fingerprint density at radius 3 is 2.88 bits per heavy atom. The van der Waals surface area contributed by atoms with Crippen molar-refractivity contribution < 1.29 is 4.79 Å². The van der Waals surface area contributed by atoms with E-state index in [-0.39, 0.29) is 18.3 Å². The number of carbonyl (C=O) groups is 1. The zero-order valence-electron chi connectivity index (χ0n) is 14.9. The molecule has 2 N–H and O–H groups in total. The van der Waals surface area contributed by atoms with E-state index in [2.05, 4.69) is 34.8 Å². The lowest BCUT2D eigenvalue weighted by Crippen LogP contribution is -2.25. The molecule has 1 aromatic carbocycles. The number of hydrogen-bond acceptors (Lipinski definition) is 3. The molecule has 1 amide bonds. The second-order valence-electron chi connectivity index (χ2n) is 6.57. The van der Waals surface area contributed by atoms with Crippen LogP contribution in [0.2, 0.25) is 0 Å². The van der Waals surface area contributed by atoms with Crippen molar-refractivity contribution in [1.29, 1.82) is 0 Å². The highest BCUT2D eigenvalue weighted by Gasteiger charge is 2.17. The van der Waals surface area contributed by atoms with Gasteiger partial charge in [-0.2, -0.15) is 5.10 Å². The van der Waals surface area contributed by atoms with E-state index in [0.29, 0.717) is 12.5 Å². The first kappa shape index (κ1) is 19.5. The average molecular weight is 363 g/mol. The summed E-state index contributed by atoms with van der Waals surface area (Å²) in [6.07, 6.45) is 2.02. The van der Waals surface area contributed by atoms with E-state index >= 15 is 0 Å². The molecule has 0 aliphatic carbocycles. The van der Waals surface area contributed by atoms with Gasteiger partial charge in [0.2, 0.25) is 0 Å². The molecule has 0 spiro atoms. The fourth-order valence-electron chi connectivity index (χ4n) is 3.31. The van der Waals surface area contributed by atoms with Crippen molar-refractivity contribution >= 4 is 18.3 Å². The van der Waals surface area contributed by atoms with E-state index in [0.717, 1.165) is 49.4 Å². The van der Waals surface area contributed by atoms with Crippen LogP contribution in [-0.4, -0.2) is 35.3 Å². The molecule has 5 nitrogen and oxygen atoms in total. The van der Waals surface area contributed by atoms with Crippen molar-refractivity contribution in [3.8, 4) is 0 Å². The smallest absolute Gasteiger partial charge is 0.251 e. The summed E-state index contributed by atoms with van der Waals surface area (Å²) < 4.78 is 2.00. The molecular weight excluding hydrogens is 336 g/mol. The number of nitrogens with zero attached hydrogens (tertiary/aromatic N) is 2. The minimum absolute atomic E-state index is 0. The topological polar surface area (TPSA) is 59.0 Å². The Bertz CT molecular complexity index is 707. The van der Waals surface area contributed by atoms with E-state index in [4.69, 9.17) is 0 Å². The number of rotatable bonds is 6. The first-order valence-electron chi connectivity index (χ1n) is 8.73. The van der Waals surface area contributed by atoms with Crippen LogP contribution >= 0.6 is 12.4 Å². The van der Waals surface area contributed by atoms with Crippen molar-refractivity contribution in [2.24, 2.45) is 0 Å². The molecule has 1 atom stereocenters. The lowest BCUT2D eigenvalue weighted by Gasteiger charge is -2.11. The number of aryl methyl sites for hydroxylation is 3. The molecule has 1 aromatic heterocycles.